The Labute approximate surface area is 125 Å². The van der Waals surface area contributed by atoms with Crippen molar-refractivity contribution in [2.45, 2.75) is 12.8 Å². The Morgan fingerprint density at radius 3 is 2.71 bits per heavy atom. The molecule has 0 aliphatic rings. The van der Waals surface area contributed by atoms with Crippen molar-refractivity contribution in [3.8, 4) is 5.75 Å². The average molecular weight is 294 g/mol. The minimum absolute atomic E-state index is 0.108. The summed E-state index contributed by atoms with van der Waals surface area (Å²) in [5.41, 5.74) is 0.697. The molecule has 1 rings (SSSR count). The van der Waals surface area contributed by atoms with Gasteiger partial charge in [0.05, 0.1) is 20.8 Å². The summed E-state index contributed by atoms with van der Waals surface area (Å²) in [6.07, 6.45) is 1.02. The SMILES string of the molecule is COC(=O)CCCN(C)CC(=O)Nc1cccc(OC)c1. The van der Waals surface area contributed by atoms with Gasteiger partial charge in [-0.05, 0) is 32.1 Å². The predicted molar refractivity (Wildman–Crippen MR) is 80.4 cm³/mol. The molecule has 21 heavy (non-hydrogen) atoms. The molecule has 0 aliphatic carbocycles. The van der Waals surface area contributed by atoms with E-state index >= 15 is 0 Å². The molecule has 0 unspecified atom stereocenters. The van der Waals surface area contributed by atoms with Crippen LogP contribution >= 0.6 is 0 Å². The van der Waals surface area contributed by atoms with Crippen molar-refractivity contribution >= 4 is 17.6 Å². The molecule has 0 radical (unpaired) electrons. The molecule has 6 nitrogen and oxygen atoms in total. The van der Waals surface area contributed by atoms with Gasteiger partial charge in [-0.3, -0.25) is 14.5 Å². The lowest BCUT2D eigenvalue weighted by molar-refractivity contribution is -0.140. The monoisotopic (exact) mass is 294 g/mol. The summed E-state index contributed by atoms with van der Waals surface area (Å²) >= 11 is 0. The van der Waals surface area contributed by atoms with Crippen LogP contribution in [0, 0.1) is 0 Å². The van der Waals surface area contributed by atoms with Crippen LogP contribution in [0.2, 0.25) is 0 Å². The standard InChI is InChI=1S/C15H22N2O4/c1-17(9-5-8-15(19)21-3)11-14(18)16-12-6-4-7-13(10-12)20-2/h4,6-7,10H,5,8-9,11H2,1-3H3,(H,16,18). The first-order valence-electron chi connectivity index (χ1n) is 6.74. The van der Waals surface area contributed by atoms with Gasteiger partial charge in [0.25, 0.3) is 0 Å². The summed E-state index contributed by atoms with van der Waals surface area (Å²) < 4.78 is 9.66. The zero-order chi connectivity index (χ0) is 15.7. The molecule has 1 amide bonds. The summed E-state index contributed by atoms with van der Waals surface area (Å²) in [4.78, 5) is 24.7. The molecule has 0 bridgehead atoms. The van der Waals surface area contributed by atoms with Crippen molar-refractivity contribution < 1.29 is 19.1 Å². The maximum absolute atomic E-state index is 11.9. The molecule has 0 aliphatic heterocycles. The third-order valence-electron chi connectivity index (χ3n) is 2.92. The lowest BCUT2D eigenvalue weighted by atomic mass is 10.3. The molecule has 6 heteroatoms. The van der Waals surface area contributed by atoms with Crippen LogP contribution in [0.15, 0.2) is 24.3 Å². The van der Waals surface area contributed by atoms with E-state index in [9.17, 15) is 9.59 Å². The number of methoxy groups -OCH3 is 2. The lowest BCUT2D eigenvalue weighted by Crippen LogP contribution is -2.31. The van der Waals surface area contributed by atoms with Crippen LogP contribution in [0.25, 0.3) is 0 Å². The van der Waals surface area contributed by atoms with Gasteiger partial charge >= 0.3 is 5.97 Å². The van der Waals surface area contributed by atoms with E-state index in [1.54, 1.807) is 19.2 Å². The first-order chi connectivity index (χ1) is 10.0. The van der Waals surface area contributed by atoms with Crippen molar-refractivity contribution in [2.75, 3.05) is 39.7 Å². The van der Waals surface area contributed by atoms with E-state index < -0.39 is 0 Å². The molecular weight excluding hydrogens is 272 g/mol. The molecule has 0 saturated heterocycles. The molecule has 116 valence electrons. The fourth-order valence-corrected chi connectivity index (χ4v) is 1.82. The second-order valence-electron chi connectivity index (χ2n) is 4.70. The minimum atomic E-state index is -0.232. The fraction of sp³-hybridized carbons (Fsp3) is 0.467. The number of ether oxygens (including phenoxy) is 2. The van der Waals surface area contributed by atoms with Gasteiger partial charge < -0.3 is 14.8 Å². The van der Waals surface area contributed by atoms with Gasteiger partial charge in [0.15, 0.2) is 0 Å². The second-order valence-corrected chi connectivity index (χ2v) is 4.70. The van der Waals surface area contributed by atoms with Crippen LogP contribution in [-0.2, 0) is 14.3 Å². The molecule has 0 heterocycles. The normalized spacial score (nSPS) is 10.3. The van der Waals surface area contributed by atoms with E-state index in [-0.39, 0.29) is 18.4 Å². The highest BCUT2D eigenvalue weighted by molar-refractivity contribution is 5.92. The minimum Gasteiger partial charge on any atom is -0.497 e. The van der Waals surface area contributed by atoms with Crippen LogP contribution in [0.5, 0.6) is 5.75 Å². The van der Waals surface area contributed by atoms with Gasteiger partial charge in [0.1, 0.15) is 5.75 Å². The van der Waals surface area contributed by atoms with E-state index in [1.165, 1.54) is 7.11 Å². The zero-order valence-corrected chi connectivity index (χ0v) is 12.7. The number of nitrogens with zero attached hydrogens (tertiary/aromatic N) is 1. The van der Waals surface area contributed by atoms with Crippen LogP contribution in [0.3, 0.4) is 0 Å². The van der Waals surface area contributed by atoms with Gasteiger partial charge in [-0.1, -0.05) is 6.07 Å². The largest absolute Gasteiger partial charge is 0.497 e. The van der Waals surface area contributed by atoms with Gasteiger partial charge in [-0.15, -0.1) is 0 Å². The number of benzene rings is 1. The van der Waals surface area contributed by atoms with Crippen molar-refractivity contribution in [1.29, 1.82) is 0 Å². The molecule has 1 aromatic carbocycles. The zero-order valence-electron chi connectivity index (χ0n) is 12.7. The molecule has 1 aromatic rings. The Kier molecular flexibility index (Phi) is 7.25. The quantitative estimate of drug-likeness (QED) is 0.736. The van der Waals surface area contributed by atoms with Crippen molar-refractivity contribution in [2.24, 2.45) is 0 Å². The molecule has 0 spiro atoms. The van der Waals surface area contributed by atoms with E-state index in [4.69, 9.17) is 4.74 Å². The van der Waals surface area contributed by atoms with Crippen molar-refractivity contribution in [1.82, 2.24) is 4.90 Å². The Hall–Kier alpha value is -2.08. The number of carbonyl (C=O) groups is 2. The van der Waals surface area contributed by atoms with Crippen molar-refractivity contribution in [3.63, 3.8) is 0 Å². The van der Waals surface area contributed by atoms with E-state index in [2.05, 4.69) is 10.1 Å². The van der Waals surface area contributed by atoms with Crippen LogP contribution in [0.4, 0.5) is 5.69 Å². The Balaban J connectivity index is 2.33. The number of hydrogen-bond donors (Lipinski definition) is 1. The molecule has 0 saturated carbocycles. The summed E-state index contributed by atoms with van der Waals surface area (Å²) in [6.45, 7) is 0.916. The Morgan fingerprint density at radius 1 is 1.29 bits per heavy atom. The predicted octanol–water partition coefficient (Wildman–Crippen LogP) is 1.52. The first-order valence-corrected chi connectivity index (χ1v) is 6.74. The Bertz CT molecular complexity index is 476. The highest BCUT2D eigenvalue weighted by Crippen LogP contribution is 2.16. The number of amides is 1. The molecule has 1 N–H and O–H groups in total. The topological polar surface area (TPSA) is 67.9 Å². The number of esters is 1. The van der Waals surface area contributed by atoms with Crippen molar-refractivity contribution in [3.05, 3.63) is 24.3 Å². The number of likely N-dealkylation sites (N-methyl/N-ethyl adjacent to an activating group) is 1. The lowest BCUT2D eigenvalue weighted by Gasteiger charge is -2.16. The maximum atomic E-state index is 11.9. The number of hydrogen-bond acceptors (Lipinski definition) is 5. The summed E-state index contributed by atoms with van der Waals surface area (Å²) in [5, 5.41) is 2.81. The fourth-order valence-electron chi connectivity index (χ4n) is 1.82. The summed E-state index contributed by atoms with van der Waals surface area (Å²) in [7, 11) is 4.78. The maximum Gasteiger partial charge on any atom is 0.305 e. The highest BCUT2D eigenvalue weighted by Gasteiger charge is 2.08. The highest BCUT2D eigenvalue weighted by atomic mass is 16.5. The third kappa shape index (κ3) is 6.76. The number of carbonyl (C=O) groups excluding carboxylic acids is 2. The summed E-state index contributed by atoms with van der Waals surface area (Å²) in [5.74, 6) is 0.354. The van der Waals surface area contributed by atoms with E-state index in [1.807, 2.05) is 24.1 Å². The Morgan fingerprint density at radius 2 is 2.05 bits per heavy atom. The van der Waals surface area contributed by atoms with E-state index in [0.717, 1.165) is 0 Å². The smallest absolute Gasteiger partial charge is 0.305 e. The van der Waals surface area contributed by atoms with Crippen LogP contribution in [-0.4, -0.2) is 51.1 Å². The second kappa shape index (κ2) is 8.97. The van der Waals surface area contributed by atoms with Crippen LogP contribution in [0.1, 0.15) is 12.8 Å². The van der Waals surface area contributed by atoms with Gasteiger partial charge in [0.2, 0.25) is 5.91 Å². The van der Waals surface area contributed by atoms with E-state index in [0.29, 0.717) is 30.8 Å². The molecular formula is C15H22N2O4. The summed E-state index contributed by atoms with van der Waals surface area (Å²) in [6, 6.07) is 7.19. The number of anilines is 1. The van der Waals surface area contributed by atoms with Gasteiger partial charge in [-0.2, -0.15) is 0 Å². The van der Waals surface area contributed by atoms with Gasteiger partial charge in [-0.25, -0.2) is 0 Å². The molecule has 0 aromatic heterocycles. The first kappa shape index (κ1) is 17.0. The van der Waals surface area contributed by atoms with Gasteiger partial charge in [0, 0.05) is 18.2 Å². The van der Waals surface area contributed by atoms with Crippen LogP contribution < -0.4 is 10.1 Å². The molecule has 0 atom stereocenters. The number of nitrogens with one attached hydrogen (secondary N) is 1. The third-order valence-corrected chi connectivity index (χ3v) is 2.92. The molecule has 0 fully saturated rings. The average Bonchev–Trinajstić information content (AvgIpc) is 2.46. The number of rotatable bonds is 8.